The van der Waals surface area contributed by atoms with E-state index in [1.807, 2.05) is 0 Å². The predicted molar refractivity (Wildman–Crippen MR) is 167 cm³/mol. The van der Waals surface area contributed by atoms with Gasteiger partial charge in [-0.15, -0.1) is 0 Å². The molecule has 0 saturated heterocycles. The number of halogens is 1. The Morgan fingerprint density at radius 1 is 0.930 bits per heavy atom. The van der Waals surface area contributed by atoms with Gasteiger partial charge < -0.3 is 30.5 Å². The lowest BCUT2D eigenvalue weighted by Gasteiger charge is -2.37. The van der Waals surface area contributed by atoms with E-state index in [1.165, 1.54) is 17.0 Å². The van der Waals surface area contributed by atoms with Gasteiger partial charge in [0.2, 0.25) is 5.91 Å². The number of carbonyl (C=O) groups excluding carboxylic acids is 3. The van der Waals surface area contributed by atoms with Gasteiger partial charge in [0.25, 0.3) is 5.91 Å². The number of benzene rings is 3. The van der Waals surface area contributed by atoms with Crippen molar-refractivity contribution in [2.24, 2.45) is 0 Å². The molecule has 0 aliphatic rings. The zero-order chi connectivity index (χ0) is 32.1. The van der Waals surface area contributed by atoms with Crippen molar-refractivity contribution >= 4 is 35.2 Å². The van der Waals surface area contributed by atoms with Gasteiger partial charge in [-0.25, -0.2) is 4.79 Å². The number of carbonyl (C=O) groups is 3. The molecule has 43 heavy (non-hydrogen) atoms. The molecular formula is C33H40ClN3O6. The molecule has 2 atom stereocenters. The summed E-state index contributed by atoms with van der Waals surface area (Å²) in [5.41, 5.74) is 1.67. The highest BCUT2D eigenvalue weighted by Crippen LogP contribution is 2.35. The Kier molecular flexibility index (Phi) is 10.7. The summed E-state index contributed by atoms with van der Waals surface area (Å²) in [6, 6.07) is 13.4. The van der Waals surface area contributed by atoms with Crippen LogP contribution in [0.1, 0.15) is 62.9 Å². The number of nitrogens with one attached hydrogen (secondary N) is 2. The third-order valence-electron chi connectivity index (χ3n) is 6.74. The average molecular weight is 610 g/mol. The number of aryl methyl sites for hydroxylation is 2. The minimum Gasteiger partial charge on any atom is -0.508 e. The highest BCUT2D eigenvalue weighted by molar-refractivity contribution is 6.34. The molecular weight excluding hydrogens is 570 g/mol. The first-order chi connectivity index (χ1) is 20.1. The average Bonchev–Trinajstić information content (AvgIpc) is 2.90. The van der Waals surface area contributed by atoms with Gasteiger partial charge in [0.05, 0.1) is 10.7 Å². The molecule has 9 nitrogen and oxygen atoms in total. The number of para-hydroxylation sites is 2. The molecule has 0 aromatic heterocycles. The van der Waals surface area contributed by atoms with Gasteiger partial charge in [-0.2, -0.15) is 0 Å². The fourth-order valence-electron chi connectivity index (χ4n) is 4.68. The van der Waals surface area contributed by atoms with Crippen LogP contribution in [0.5, 0.6) is 11.5 Å². The van der Waals surface area contributed by atoms with Crippen molar-refractivity contribution in [2.45, 2.75) is 78.6 Å². The molecule has 0 aliphatic carbocycles. The van der Waals surface area contributed by atoms with Crippen LogP contribution in [0.4, 0.5) is 10.5 Å². The van der Waals surface area contributed by atoms with Crippen molar-refractivity contribution in [1.82, 2.24) is 10.2 Å². The third kappa shape index (κ3) is 8.64. The van der Waals surface area contributed by atoms with E-state index >= 15 is 0 Å². The van der Waals surface area contributed by atoms with Crippen LogP contribution in [0.25, 0.3) is 0 Å². The van der Waals surface area contributed by atoms with Crippen LogP contribution in [0.2, 0.25) is 5.02 Å². The minimum absolute atomic E-state index is 0.0410. The van der Waals surface area contributed by atoms with Gasteiger partial charge in [0.1, 0.15) is 29.2 Å². The Morgan fingerprint density at radius 3 is 2.12 bits per heavy atom. The van der Waals surface area contributed by atoms with E-state index in [-0.39, 0.29) is 23.5 Å². The molecule has 0 heterocycles. The molecule has 3 aromatic rings. The van der Waals surface area contributed by atoms with Crippen molar-refractivity contribution < 1.29 is 29.3 Å². The number of hydrogen-bond donors (Lipinski definition) is 4. The van der Waals surface area contributed by atoms with E-state index in [9.17, 15) is 24.6 Å². The zero-order valence-corrected chi connectivity index (χ0v) is 26.3. The summed E-state index contributed by atoms with van der Waals surface area (Å²) in [4.78, 5) is 42.9. The Labute approximate surface area is 257 Å². The topological polar surface area (TPSA) is 128 Å². The van der Waals surface area contributed by atoms with Crippen molar-refractivity contribution in [2.75, 3.05) is 5.32 Å². The molecule has 0 aliphatic heterocycles. The van der Waals surface area contributed by atoms with Crippen LogP contribution in [0.15, 0.2) is 60.7 Å². The maximum atomic E-state index is 14.5. The van der Waals surface area contributed by atoms with Crippen LogP contribution in [-0.4, -0.2) is 50.7 Å². The zero-order valence-electron chi connectivity index (χ0n) is 25.6. The summed E-state index contributed by atoms with van der Waals surface area (Å²) in [6.07, 6.45) is -0.765. The molecule has 0 saturated carbocycles. The second-order valence-electron chi connectivity index (χ2n) is 11.7. The molecule has 2 unspecified atom stereocenters. The van der Waals surface area contributed by atoms with E-state index in [2.05, 4.69) is 10.6 Å². The van der Waals surface area contributed by atoms with Crippen molar-refractivity contribution in [3.8, 4) is 11.5 Å². The number of alkyl carbamates (subject to hydrolysis) is 1. The van der Waals surface area contributed by atoms with Gasteiger partial charge in [-0.05, 0) is 83.4 Å². The van der Waals surface area contributed by atoms with E-state index in [0.717, 1.165) is 0 Å². The van der Waals surface area contributed by atoms with Crippen LogP contribution in [-0.2, 0) is 20.7 Å². The summed E-state index contributed by atoms with van der Waals surface area (Å²) >= 11 is 6.42. The Bertz CT molecular complexity index is 1450. The lowest BCUT2D eigenvalue weighted by molar-refractivity contribution is -0.143. The second-order valence-corrected chi connectivity index (χ2v) is 12.2. The largest absolute Gasteiger partial charge is 0.508 e. The molecule has 3 amide bonds. The van der Waals surface area contributed by atoms with Gasteiger partial charge >= 0.3 is 6.09 Å². The third-order valence-corrected chi connectivity index (χ3v) is 7.05. The first-order valence-corrected chi connectivity index (χ1v) is 14.4. The molecule has 3 rings (SSSR count). The predicted octanol–water partition coefficient (Wildman–Crippen LogP) is 6.42. The van der Waals surface area contributed by atoms with Crippen LogP contribution in [0.3, 0.4) is 0 Å². The second kappa shape index (κ2) is 13.8. The highest BCUT2D eigenvalue weighted by Gasteiger charge is 2.39. The Balaban J connectivity index is 2.13. The number of anilines is 1. The molecule has 10 heteroatoms. The molecule has 3 aromatic carbocycles. The number of hydrogen-bond acceptors (Lipinski definition) is 6. The van der Waals surface area contributed by atoms with Gasteiger partial charge in [0.15, 0.2) is 0 Å². The van der Waals surface area contributed by atoms with Gasteiger partial charge in [-0.3, -0.25) is 9.59 Å². The van der Waals surface area contributed by atoms with Gasteiger partial charge in [0, 0.05) is 18.0 Å². The van der Waals surface area contributed by atoms with E-state index in [1.54, 1.807) is 97.0 Å². The fourth-order valence-corrected chi connectivity index (χ4v) is 4.95. The monoisotopic (exact) mass is 609 g/mol. The lowest BCUT2D eigenvalue weighted by atomic mass is 9.96. The van der Waals surface area contributed by atoms with Crippen molar-refractivity contribution in [3.05, 3.63) is 87.9 Å². The lowest BCUT2D eigenvalue weighted by Crippen LogP contribution is -2.55. The highest BCUT2D eigenvalue weighted by atomic mass is 35.5. The van der Waals surface area contributed by atoms with Crippen LogP contribution >= 0.6 is 11.6 Å². The van der Waals surface area contributed by atoms with Crippen LogP contribution in [0, 0.1) is 13.8 Å². The van der Waals surface area contributed by atoms with E-state index < -0.39 is 41.6 Å². The standard InChI is InChI=1S/C33H40ClN3O6/c1-19(2)37(31(41)26(35-32(42)43-33(5,6)7)18-22-14-16-23(38)17-15-22)28(24-12-8-11-21(4)29(24)39)30(40)36-27-20(3)10-9-13-25(27)34/h8-17,19,26,28,38-39H,18H2,1-7H3,(H,35,42)(H,36,40). The van der Waals surface area contributed by atoms with Gasteiger partial charge in [-0.1, -0.05) is 54.1 Å². The summed E-state index contributed by atoms with van der Waals surface area (Å²) in [5, 5.41) is 26.7. The quantitative estimate of drug-likeness (QED) is 0.222. The number of phenolic OH excluding ortho intramolecular Hbond substituents is 2. The summed E-state index contributed by atoms with van der Waals surface area (Å²) < 4.78 is 5.45. The molecule has 0 radical (unpaired) electrons. The number of ether oxygens (including phenoxy) is 1. The fraction of sp³-hybridized carbons (Fsp3) is 0.364. The minimum atomic E-state index is -1.30. The molecule has 0 fully saturated rings. The normalized spacial score (nSPS) is 12.8. The maximum absolute atomic E-state index is 14.5. The number of rotatable bonds is 9. The van der Waals surface area contributed by atoms with Crippen molar-refractivity contribution in [1.29, 1.82) is 0 Å². The first-order valence-electron chi connectivity index (χ1n) is 14.0. The molecule has 0 bridgehead atoms. The van der Waals surface area contributed by atoms with Crippen LogP contribution < -0.4 is 10.6 Å². The maximum Gasteiger partial charge on any atom is 0.408 e. The molecule has 230 valence electrons. The smallest absolute Gasteiger partial charge is 0.408 e. The molecule has 0 spiro atoms. The SMILES string of the molecule is Cc1cccc(C(C(=O)Nc2c(C)cccc2Cl)N(C(=O)C(Cc2ccc(O)cc2)NC(=O)OC(C)(C)C)C(C)C)c1O. The Morgan fingerprint density at radius 2 is 1.53 bits per heavy atom. The summed E-state index contributed by atoms with van der Waals surface area (Å²) in [5.74, 6) is -1.25. The number of aromatic hydroxyl groups is 2. The van der Waals surface area contributed by atoms with Crippen molar-refractivity contribution in [3.63, 3.8) is 0 Å². The number of amides is 3. The Hall–Kier alpha value is -4.24. The summed E-state index contributed by atoms with van der Waals surface area (Å²) in [6.45, 7) is 12.1. The molecule has 4 N–H and O–H groups in total. The summed E-state index contributed by atoms with van der Waals surface area (Å²) in [7, 11) is 0. The van der Waals surface area contributed by atoms with E-state index in [4.69, 9.17) is 16.3 Å². The first kappa shape index (κ1) is 33.3. The number of phenols is 2. The number of nitrogens with zero attached hydrogens (tertiary/aromatic N) is 1. The van der Waals surface area contributed by atoms with E-state index in [0.29, 0.717) is 27.4 Å².